The Hall–Kier alpha value is -5.24. The molecule has 8 N–H and O–H groups in total. The van der Waals surface area contributed by atoms with Gasteiger partial charge in [0.1, 0.15) is 5.82 Å². The van der Waals surface area contributed by atoms with Gasteiger partial charge in [-0.3, -0.25) is 0 Å². The second-order valence-electron chi connectivity index (χ2n) is 8.10. The number of nitrogens with one attached hydrogen (secondary N) is 4. The number of anilines is 10. The van der Waals surface area contributed by atoms with Crippen LogP contribution in [0.15, 0.2) is 109 Å². The molecular formula is C28H26N8. The Kier molecular flexibility index (Phi) is 6.48. The predicted octanol–water partition coefficient (Wildman–Crippen LogP) is 6.62. The fraction of sp³-hybridized carbons (Fsp3) is 0. The summed E-state index contributed by atoms with van der Waals surface area (Å²) in [6.07, 6.45) is 1.68. The molecular weight excluding hydrogens is 448 g/mol. The van der Waals surface area contributed by atoms with Gasteiger partial charge in [-0.2, -0.15) is 4.98 Å². The molecule has 0 aliphatic carbocycles. The summed E-state index contributed by atoms with van der Waals surface area (Å²) in [4.78, 5) is 8.88. The highest BCUT2D eigenvalue weighted by molar-refractivity contribution is 5.78. The molecule has 0 radical (unpaired) electrons. The summed E-state index contributed by atoms with van der Waals surface area (Å²) in [6.45, 7) is 0. The van der Waals surface area contributed by atoms with E-state index in [0.29, 0.717) is 23.1 Å². The minimum absolute atomic E-state index is 0.443. The fourth-order valence-electron chi connectivity index (χ4n) is 3.63. The molecule has 0 unspecified atom stereocenters. The highest BCUT2D eigenvalue weighted by Crippen LogP contribution is 2.29. The van der Waals surface area contributed by atoms with Crippen LogP contribution in [0.3, 0.4) is 0 Å². The van der Waals surface area contributed by atoms with E-state index in [4.69, 9.17) is 11.5 Å². The third-order valence-corrected chi connectivity index (χ3v) is 5.39. The van der Waals surface area contributed by atoms with E-state index < -0.39 is 0 Å². The van der Waals surface area contributed by atoms with Crippen molar-refractivity contribution in [1.82, 2.24) is 9.97 Å². The van der Waals surface area contributed by atoms with E-state index in [2.05, 4.69) is 31.2 Å². The van der Waals surface area contributed by atoms with Crippen LogP contribution in [0.2, 0.25) is 0 Å². The molecule has 5 rings (SSSR count). The maximum atomic E-state index is 6.27. The molecule has 0 saturated carbocycles. The number of para-hydroxylation sites is 2. The first kappa shape index (κ1) is 22.5. The maximum Gasteiger partial charge on any atom is 0.229 e. The molecule has 8 nitrogen and oxygen atoms in total. The molecule has 0 bridgehead atoms. The van der Waals surface area contributed by atoms with Crippen LogP contribution >= 0.6 is 0 Å². The van der Waals surface area contributed by atoms with E-state index in [9.17, 15) is 0 Å². The van der Waals surface area contributed by atoms with E-state index in [1.54, 1.807) is 12.3 Å². The zero-order chi connectivity index (χ0) is 24.7. The molecule has 0 aliphatic heterocycles. The van der Waals surface area contributed by atoms with Crippen molar-refractivity contribution in [2.45, 2.75) is 0 Å². The lowest BCUT2D eigenvalue weighted by Crippen LogP contribution is -2.02. The smallest absolute Gasteiger partial charge is 0.229 e. The van der Waals surface area contributed by atoms with Gasteiger partial charge < -0.3 is 32.7 Å². The van der Waals surface area contributed by atoms with Crippen LogP contribution in [-0.2, 0) is 0 Å². The second kappa shape index (κ2) is 10.4. The minimum Gasteiger partial charge on any atom is -0.397 e. The molecule has 0 saturated heterocycles. The highest BCUT2D eigenvalue weighted by Gasteiger charge is 2.06. The van der Waals surface area contributed by atoms with Gasteiger partial charge in [-0.1, -0.05) is 36.4 Å². The Balaban J connectivity index is 1.25. The topological polar surface area (TPSA) is 126 Å². The van der Waals surface area contributed by atoms with Crippen LogP contribution in [0.1, 0.15) is 0 Å². The van der Waals surface area contributed by atoms with Gasteiger partial charge in [-0.25, -0.2) is 4.98 Å². The number of benzene rings is 4. The van der Waals surface area contributed by atoms with E-state index >= 15 is 0 Å². The molecule has 0 atom stereocenters. The zero-order valence-corrected chi connectivity index (χ0v) is 19.4. The normalized spacial score (nSPS) is 10.4. The maximum absolute atomic E-state index is 6.27. The highest BCUT2D eigenvalue weighted by atomic mass is 15.1. The van der Waals surface area contributed by atoms with Crippen LogP contribution in [-0.4, -0.2) is 9.97 Å². The van der Waals surface area contributed by atoms with E-state index in [1.165, 1.54) is 0 Å². The third-order valence-electron chi connectivity index (χ3n) is 5.39. The summed E-state index contributed by atoms with van der Waals surface area (Å²) in [5.74, 6) is 1.07. The van der Waals surface area contributed by atoms with Crippen molar-refractivity contribution < 1.29 is 0 Å². The summed E-state index contributed by atoms with van der Waals surface area (Å²) in [7, 11) is 0. The van der Waals surface area contributed by atoms with Gasteiger partial charge in [0.15, 0.2) is 0 Å². The van der Waals surface area contributed by atoms with Crippen molar-refractivity contribution in [2.24, 2.45) is 0 Å². The lowest BCUT2D eigenvalue weighted by atomic mass is 10.2. The van der Waals surface area contributed by atoms with Crippen molar-refractivity contribution in [3.63, 3.8) is 0 Å². The molecule has 1 aromatic heterocycles. The number of rotatable bonds is 8. The van der Waals surface area contributed by atoms with E-state index in [1.807, 2.05) is 97.1 Å². The quantitative estimate of drug-likeness (QED) is 0.139. The monoisotopic (exact) mass is 474 g/mol. The van der Waals surface area contributed by atoms with E-state index in [0.717, 1.165) is 34.1 Å². The number of nitrogens with zero attached hydrogens (tertiary/aromatic N) is 2. The fourth-order valence-corrected chi connectivity index (χ4v) is 3.63. The van der Waals surface area contributed by atoms with Crippen LogP contribution in [0.25, 0.3) is 0 Å². The molecule has 5 aromatic rings. The first-order valence-corrected chi connectivity index (χ1v) is 11.4. The molecule has 0 spiro atoms. The van der Waals surface area contributed by atoms with Gasteiger partial charge in [0.25, 0.3) is 0 Å². The molecule has 0 amide bonds. The lowest BCUT2D eigenvalue weighted by molar-refractivity contribution is 1.17. The standard InChI is InChI=1S/C28H26N8/c29-23-17-21(11-13-25(23)32-19-7-3-1-4-8-19)34-27-15-16-31-28(36-27)35-22-12-14-26(24(30)18-22)33-20-9-5-2-6-10-20/h1-18,32-33H,29-30H2,(H2,31,34,35,36). The first-order valence-electron chi connectivity index (χ1n) is 11.4. The van der Waals surface area contributed by atoms with Crippen LogP contribution < -0.4 is 32.7 Å². The van der Waals surface area contributed by atoms with E-state index in [-0.39, 0.29) is 0 Å². The van der Waals surface area contributed by atoms with Crippen molar-refractivity contribution in [1.29, 1.82) is 0 Å². The number of hydrogen-bond acceptors (Lipinski definition) is 8. The molecule has 36 heavy (non-hydrogen) atoms. The minimum atomic E-state index is 0.443. The summed E-state index contributed by atoms with van der Waals surface area (Å²) in [5.41, 5.74) is 19.0. The second-order valence-corrected chi connectivity index (χ2v) is 8.10. The molecule has 178 valence electrons. The summed E-state index contributed by atoms with van der Waals surface area (Å²) < 4.78 is 0. The molecule has 0 aliphatic rings. The van der Waals surface area contributed by atoms with Gasteiger partial charge >= 0.3 is 0 Å². The summed E-state index contributed by atoms with van der Waals surface area (Å²) >= 11 is 0. The van der Waals surface area contributed by atoms with Crippen molar-refractivity contribution >= 4 is 57.3 Å². The van der Waals surface area contributed by atoms with Crippen molar-refractivity contribution in [2.75, 3.05) is 32.7 Å². The first-order chi connectivity index (χ1) is 17.6. The lowest BCUT2D eigenvalue weighted by Gasteiger charge is -2.13. The van der Waals surface area contributed by atoms with Crippen LogP contribution in [0.4, 0.5) is 57.3 Å². The summed E-state index contributed by atoms with van der Waals surface area (Å²) in [5, 5.41) is 13.1. The molecule has 1 heterocycles. The number of aromatic nitrogens is 2. The Bertz CT molecular complexity index is 1350. The van der Waals surface area contributed by atoms with Gasteiger partial charge in [-0.15, -0.1) is 0 Å². The van der Waals surface area contributed by atoms with Gasteiger partial charge in [0.2, 0.25) is 5.95 Å². The molecule has 0 fully saturated rings. The average molecular weight is 475 g/mol. The van der Waals surface area contributed by atoms with Crippen molar-refractivity contribution in [3.8, 4) is 0 Å². The number of nitrogen functional groups attached to an aromatic ring is 2. The third kappa shape index (κ3) is 5.63. The number of nitrogens with two attached hydrogens (primary N) is 2. The Morgan fingerprint density at radius 3 is 1.56 bits per heavy atom. The van der Waals surface area contributed by atoms with Crippen LogP contribution in [0, 0.1) is 0 Å². The molecule has 8 heteroatoms. The SMILES string of the molecule is Nc1cc(Nc2ccnc(Nc3ccc(Nc4ccccc4)c(N)c3)n2)ccc1Nc1ccccc1. The Morgan fingerprint density at radius 1 is 0.500 bits per heavy atom. The molecule has 4 aromatic carbocycles. The predicted molar refractivity (Wildman–Crippen MR) is 150 cm³/mol. The van der Waals surface area contributed by atoms with Gasteiger partial charge in [-0.05, 0) is 66.7 Å². The zero-order valence-electron chi connectivity index (χ0n) is 19.4. The summed E-state index contributed by atoms with van der Waals surface area (Å²) in [6, 6.07) is 33.0. The number of hydrogen-bond donors (Lipinski definition) is 6. The Morgan fingerprint density at radius 2 is 1.03 bits per heavy atom. The largest absolute Gasteiger partial charge is 0.397 e. The Labute approximate surface area is 209 Å². The average Bonchev–Trinajstić information content (AvgIpc) is 2.89. The van der Waals surface area contributed by atoms with Crippen molar-refractivity contribution in [3.05, 3.63) is 109 Å². The van der Waals surface area contributed by atoms with Gasteiger partial charge in [0.05, 0.1) is 22.7 Å². The van der Waals surface area contributed by atoms with Gasteiger partial charge in [0, 0.05) is 28.9 Å². The van der Waals surface area contributed by atoms with Crippen LogP contribution in [0.5, 0.6) is 0 Å².